The van der Waals surface area contributed by atoms with Gasteiger partial charge >= 0.3 is 0 Å². The Kier molecular flexibility index (Phi) is 4.45. The van der Waals surface area contributed by atoms with Gasteiger partial charge < -0.3 is 14.2 Å². The fourth-order valence-electron chi connectivity index (χ4n) is 2.61. The number of hydrogen-bond donors (Lipinski definition) is 0. The lowest BCUT2D eigenvalue weighted by Gasteiger charge is -2.39. The van der Waals surface area contributed by atoms with Gasteiger partial charge in [0, 0.05) is 13.2 Å². The first-order valence-corrected chi connectivity index (χ1v) is 6.89. The Labute approximate surface area is 105 Å². The third-order valence-corrected chi connectivity index (χ3v) is 4.05. The Morgan fingerprint density at radius 1 is 1.29 bits per heavy atom. The second kappa shape index (κ2) is 5.68. The zero-order chi connectivity index (χ0) is 12.3. The van der Waals surface area contributed by atoms with Crippen LogP contribution in [0.1, 0.15) is 40.0 Å². The standard InChI is InChI=1S/C14H26O3/c1-11-8-12(4-7-16-11)14(2,3)10-15-6-5-13-9-17-13/h11-13H,4-10H2,1-3H3. The van der Waals surface area contributed by atoms with E-state index in [0.717, 1.165) is 38.8 Å². The van der Waals surface area contributed by atoms with Crippen molar-refractivity contribution in [2.24, 2.45) is 11.3 Å². The lowest BCUT2D eigenvalue weighted by Crippen LogP contribution is -2.36. The highest BCUT2D eigenvalue weighted by molar-refractivity contribution is 4.82. The quantitative estimate of drug-likeness (QED) is 0.530. The highest BCUT2D eigenvalue weighted by atomic mass is 16.6. The molecule has 0 aromatic rings. The summed E-state index contributed by atoms with van der Waals surface area (Å²) in [5.74, 6) is 0.725. The molecule has 100 valence electrons. The van der Waals surface area contributed by atoms with E-state index in [1.165, 1.54) is 12.8 Å². The largest absolute Gasteiger partial charge is 0.381 e. The third-order valence-electron chi connectivity index (χ3n) is 4.05. The second-order valence-electron chi connectivity index (χ2n) is 6.19. The molecule has 0 N–H and O–H groups in total. The Morgan fingerprint density at radius 2 is 2.06 bits per heavy atom. The first-order valence-electron chi connectivity index (χ1n) is 6.89. The molecular formula is C14H26O3. The Hall–Kier alpha value is -0.120. The van der Waals surface area contributed by atoms with Crippen LogP contribution >= 0.6 is 0 Å². The molecule has 2 rings (SSSR count). The summed E-state index contributed by atoms with van der Waals surface area (Å²) >= 11 is 0. The Bertz CT molecular complexity index is 236. The zero-order valence-corrected chi connectivity index (χ0v) is 11.4. The Balaban J connectivity index is 1.67. The van der Waals surface area contributed by atoms with Gasteiger partial charge in [-0.2, -0.15) is 0 Å². The zero-order valence-electron chi connectivity index (χ0n) is 11.4. The SMILES string of the molecule is CC1CC(C(C)(C)COCCC2CO2)CCO1. The normalized spacial score (nSPS) is 33.7. The predicted octanol–water partition coefficient (Wildman–Crippen LogP) is 2.63. The van der Waals surface area contributed by atoms with Crippen LogP contribution in [0.4, 0.5) is 0 Å². The van der Waals surface area contributed by atoms with E-state index in [1.54, 1.807) is 0 Å². The molecule has 0 spiro atoms. The molecule has 2 aliphatic heterocycles. The van der Waals surface area contributed by atoms with Crippen molar-refractivity contribution in [1.82, 2.24) is 0 Å². The highest BCUT2D eigenvalue weighted by Gasteiger charge is 2.33. The first kappa shape index (κ1) is 13.3. The summed E-state index contributed by atoms with van der Waals surface area (Å²) in [6.45, 7) is 10.4. The van der Waals surface area contributed by atoms with E-state index < -0.39 is 0 Å². The topological polar surface area (TPSA) is 31.0 Å². The fourth-order valence-corrected chi connectivity index (χ4v) is 2.61. The van der Waals surface area contributed by atoms with Crippen LogP contribution in [0.25, 0.3) is 0 Å². The maximum absolute atomic E-state index is 5.82. The summed E-state index contributed by atoms with van der Waals surface area (Å²) in [6.07, 6.45) is 4.29. The molecule has 0 aromatic carbocycles. The van der Waals surface area contributed by atoms with Crippen LogP contribution in [0, 0.1) is 11.3 Å². The van der Waals surface area contributed by atoms with Gasteiger partial charge in [0.15, 0.2) is 0 Å². The van der Waals surface area contributed by atoms with E-state index in [-0.39, 0.29) is 5.41 Å². The molecule has 0 radical (unpaired) electrons. The number of ether oxygens (including phenoxy) is 3. The van der Waals surface area contributed by atoms with Gasteiger partial charge in [-0.05, 0) is 37.5 Å². The molecular weight excluding hydrogens is 216 g/mol. The van der Waals surface area contributed by atoms with E-state index in [4.69, 9.17) is 14.2 Å². The molecule has 0 bridgehead atoms. The molecule has 2 saturated heterocycles. The van der Waals surface area contributed by atoms with E-state index >= 15 is 0 Å². The van der Waals surface area contributed by atoms with Crippen molar-refractivity contribution in [3.63, 3.8) is 0 Å². The summed E-state index contributed by atoms with van der Waals surface area (Å²) in [5.41, 5.74) is 0.266. The van der Waals surface area contributed by atoms with Gasteiger partial charge in [-0.15, -0.1) is 0 Å². The Morgan fingerprint density at radius 3 is 2.71 bits per heavy atom. The molecule has 2 aliphatic rings. The maximum atomic E-state index is 5.82. The van der Waals surface area contributed by atoms with E-state index in [9.17, 15) is 0 Å². The number of hydrogen-bond acceptors (Lipinski definition) is 3. The average molecular weight is 242 g/mol. The van der Waals surface area contributed by atoms with Gasteiger partial charge in [0.1, 0.15) is 0 Å². The predicted molar refractivity (Wildman–Crippen MR) is 67.1 cm³/mol. The van der Waals surface area contributed by atoms with Crippen LogP contribution in [0.15, 0.2) is 0 Å². The minimum Gasteiger partial charge on any atom is -0.381 e. The first-order chi connectivity index (χ1) is 8.08. The van der Waals surface area contributed by atoms with Gasteiger partial charge in [0.05, 0.1) is 25.4 Å². The van der Waals surface area contributed by atoms with Gasteiger partial charge in [-0.3, -0.25) is 0 Å². The minimum atomic E-state index is 0.266. The van der Waals surface area contributed by atoms with Gasteiger partial charge in [0.25, 0.3) is 0 Å². The molecule has 3 heteroatoms. The van der Waals surface area contributed by atoms with Crippen molar-refractivity contribution in [2.75, 3.05) is 26.4 Å². The van der Waals surface area contributed by atoms with Gasteiger partial charge in [-0.25, -0.2) is 0 Å². The molecule has 2 fully saturated rings. The van der Waals surface area contributed by atoms with Crippen LogP contribution in [0.2, 0.25) is 0 Å². The molecule has 3 unspecified atom stereocenters. The van der Waals surface area contributed by atoms with Crippen LogP contribution in [0.5, 0.6) is 0 Å². The number of rotatable bonds is 6. The molecule has 0 amide bonds. The van der Waals surface area contributed by atoms with Crippen LogP contribution < -0.4 is 0 Å². The van der Waals surface area contributed by atoms with Crippen molar-refractivity contribution in [3.05, 3.63) is 0 Å². The summed E-state index contributed by atoms with van der Waals surface area (Å²) < 4.78 is 16.6. The van der Waals surface area contributed by atoms with Crippen molar-refractivity contribution >= 4 is 0 Å². The van der Waals surface area contributed by atoms with E-state index in [1.807, 2.05) is 0 Å². The second-order valence-corrected chi connectivity index (χ2v) is 6.19. The summed E-state index contributed by atoms with van der Waals surface area (Å²) in [7, 11) is 0. The maximum Gasteiger partial charge on any atom is 0.0831 e. The van der Waals surface area contributed by atoms with Crippen molar-refractivity contribution in [3.8, 4) is 0 Å². The van der Waals surface area contributed by atoms with E-state index in [2.05, 4.69) is 20.8 Å². The fraction of sp³-hybridized carbons (Fsp3) is 1.00. The molecule has 17 heavy (non-hydrogen) atoms. The van der Waals surface area contributed by atoms with Crippen LogP contribution in [-0.2, 0) is 14.2 Å². The van der Waals surface area contributed by atoms with Gasteiger partial charge in [0.2, 0.25) is 0 Å². The minimum absolute atomic E-state index is 0.266. The van der Waals surface area contributed by atoms with Crippen molar-refractivity contribution < 1.29 is 14.2 Å². The third kappa shape index (κ3) is 4.23. The van der Waals surface area contributed by atoms with Crippen LogP contribution in [-0.4, -0.2) is 38.6 Å². The van der Waals surface area contributed by atoms with Gasteiger partial charge in [-0.1, -0.05) is 13.8 Å². The van der Waals surface area contributed by atoms with E-state index in [0.29, 0.717) is 12.2 Å². The summed E-state index contributed by atoms with van der Waals surface area (Å²) in [5, 5.41) is 0. The average Bonchev–Trinajstić information content (AvgIpc) is 3.08. The lowest BCUT2D eigenvalue weighted by atomic mass is 9.74. The molecule has 2 heterocycles. The molecule has 3 atom stereocenters. The summed E-state index contributed by atoms with van der Waals surface area (Å²) in [4.78, 5) is 0. The summed E-state index contributed by atoms with van der Waals surface area (Å²) in [6, 6.07) is 0. The molecule has 0 saturated carbocycles. The lowest BCUT2D eigenvalue weighted by molar-refractivity contribution is -0.0542. The molecule has 3 nitrogen and oxygen atoms in total. The van der Waals surface area contributed by atoms with Crippen molar-refractivity contribution in [2.45, 2.75) is 52.2 Å². The molecule has 0 aromatic heterocycles. The van der Waals surface area contributed by atoms with Crippen molar-refractivity contribution in [1.29, 1.82) is 0 Å². The smallest absolute Gasteiger partial charge is 0.0831 e. The highest BCUT2D eigenvalue weighted by Crippen LogP contribution is 2.36. The van der Waals surface area contributed by atoms with Crippen LogP contribution in [0.3, 0.4) is 0 Å². The molecule has 0 aliphatic carbocycles. The monoisotopic (exact) mass is 242 g/mol. The number of epoxide rings is 1.